The molecule has 0 saturated heterocycles. The number of carbonyl (C=O) groups excluding carboxylic acids is 1. The highest BCUT2D eigenvalue weighted by molar-refractivity contribution is 7.15. The normalized spacial score (nSPS) is 11.0. The van der Waals surface area contributed by atoms with Gasteiger partial charge in [0, 0.05) is 28.1 Å². The summed E-state index contributed by atoms with van der Waals surface area (Å²) >= 11 is 13.5. The third-order valence-electron chi connectivity index (χ3n) is 4.52. The molecule has 0 aliphatic carbocycles. The molecule has 0 radical (unpaired) electrons. The fraction of sp³-hybridized carbons (Fsp3) is 0.0556. The molecule has 14 heteroatoms. The summed E-state index contributed by atoms with van der Waals surface area (Å²) < 4.78 is 1.47. The van der Waals surface area contributed by atoms with Crippen LogP contribution in [0.3, 0.4) is 0 Å². The molecule has 2 aromatic heterocycles. The van der Waals surface area contributed by atoms with E-state index < -0.39 is 27.1 Å². The molecule has 0 spiro atoms. The number of nitro groups is 2. The summed E-state index contributed by atoms with van der Waals surface area (Å²) in [5, 5.41) is 31.8. The quantitative estimate of drug-likeness (QED) is 0.299. The van der Waals surface area contributed by atoms with Crippen LogP contribution in [0.1, 0.15) is 15.9 Å². The number of benzene rings is 2. The van der Waals surface area contributed by atoms with Gasteiger partial charge in [-0.05, 0) is 25.1 Å². The SMILES string of the molecule is Cc1c([N+](=O)[O-])cc(C(=O)Nc2nc3scc(-c4ccc(Cl)cc4Cl)n3n2)cc1[N+](=O)[O-]. The van der Waals surface area contributed by atoms with E-state index in [2.05, 4.69) is 15.4 Å². The average molecular weight is 493 g/mol. The predicted octanol–water partition coefficient (Wildman–Crippen LogP) is 5.14. The van der Waals surface area contributed by atoms with Gasteiger partial charge in [-0.3, -0.25) is 30.3 Å². The summed E-state index contributed by atoms with van der Waals surface area (Å²) in [7, 11) is 0. The Hall–Kier alpha value is -3.61. The first-order valence-electron chi connectivity index (χ1n) is 8.70. The molecule has 0 saturated carbocycles. The monoisotopic (exact) mass is 492 g/mol. The van der Waals surface area contributed by atoms with Crippen LogP contribution in [0.25, 0.3) is 16.2 Å². The van der Waals surface area contributed by atoms with Crippen molar-refractivity contribution < 1.29 is 14.6 Å². The van der Waals surface area contributed by atoms with E-state index in [1.807, 2.05) is 0 Å². The fourth-order valence-corrected chi connectivity index (χ4v) is 4.31. The van der Waals surface area contributed by atoms with E-state index in [1.54, 1.807) is 23.6 Å². The number of nitrogens with zero attached hydrogens (tertiary/aromatic N) is 5. The van der Waals surface area contributed by atoms with Crippen LogP contribution in [0, 0.1) is 27.2 Å². The van der Waals surface area contributed by atoms with Crippen molar-refractivity contribution in [2.24, 2.45) is 0 Å². The van der Waals surface area contributed by atoms with Crippen molar-refractivity contribution in [3.05, 3.63) is 77.1 Å². The van der Waals surface area contributed by atoms with Crippen LogP contribution < -0.4 is 5.32 Å². The first-order valence-corrected chi connectivity index (χ1v) is 10.3. The van der Waals surface area contributed by atoms with Gasteiger partial charge in [0.15, 0.2) is 0 Å². The first kappa shape index (κ1) is 21.6. The third-order valence-corrected chi connectivity index (χ3v) is 5.89. The largest absolute Gasteiger partial charge is 0.289 e. The van der Waals surface area contributed by atoms with Gasteiger partial charge in [0.25, 0.3) is 23.2 Å². The summed E-state index contributed by atoms with van der Waals surface area (Å²) in [4.78, 5) is 38.2. The van der Waals surface area contributed by atoms with Crippen molar-refractivity contribution in [1.82, 2.24) is 14.6 Å². The van der Waals surface area contributed by atoms with Crippen molar-refractivity contribution >= 4 is 62.7 Å². The zero-order chi connectivity index (χ0) is 23.2. The summed E-state index contributed by atoms with van der Waals surface area (Å²) in [5.74, 6) is -0.917. The lowest BCUT2D eigenvalue weighted by Crippen LogP contribution is -2.14. The van der Waals surface area contributed by atoms with Crippen molar-refractivity contribution in [2.75, 3.05) is 5.32 Å². The number of halogens is 2. The van der Waals surface area contributed by atoms with Gasteiger partial charge in [0.2, 0.25) is 4.96 Å². The van der Waals surface area contributed by atoms with Crippen molar-refractivity contribution in [3.63, 3.8) is 0 Å². The Morgan fingerprint density at radius 1 is 1.12 bits per heavy atom. The summed E-state index contributed by atoms with van der Waals surface area (Å²) in [6.45, 7) is 1.24. The van der Waals surface area contributed by atoms with Crippen LogP contribution in [0.4, 0.5) is 17.3 Å². The lowest BCUT2D eigenvalue weighted by Gasteiger charge is -2.04. The Morgan fingerprint density at radius 2 is 1.78 bits per heavy atom. The maximum atomic E-state index is 12.6. The number of aromatic nitrogens is 3. The molecule has 1 N–H and O–H groups in total. The van der Waals surface area contributed by atoms with Gasteiger partial charge in [0.05, 0.1) is 26.1 Å². The molecule has 2 heterocycles. The molecule has 2 aromatic carbocycles. The van der Waals surface area contributed by atoms with E-state index in [9.17, 15) is 25.0 Å². The molecule has 4 rings (SSSR count). The first-order chi connectivity index (χ1) is 15.2. The van der Waals surface area contributed by atoms with Crippen LogP contribution in [-0.4, -0.2) is 30.4 Å². The van der Waals surface area contributed by atoms with E-state index in [0.717, 1.165) is 12.1 Å². The van der Waals surface area contributed by atoms with E-state index in [-0.39, 0.29) is 17.1 Å². The van der Waals surface area contributed by atoms with Gasteiger partial charge in [-0.15, -0.1) is 16.4 Å². The predicted molar refractivity (Wildman–Crippen MR) is 119 cm³/mol. The molecular weight excluding hydrogens is 483 g/mol. The van der Waals surface area contributed by atoms with Crippen molar-refractivity contribution in [3.8, 4) is 11.3 Å². The highest BCUT2D eigenvalue weighted by atomic mass is 35.5. The van der Waals surface area contributed by atoms with Crippen LogP contribution in [-0.2, 0) is 0 Å². The number of hydrogen-bond acceptors (Lipinski definition) is 8. The van der Waals surface area contributed by atoms with Gasteiger partial charge >= 0.3 is 0 Å². The number of nitrogens with one attached hydrogen (secondary N) is 1. The lowest BCUT2D eigenvalue weighted by atomic mass is 10.1. The molecule has 11 nitrogen and oxygen atoms in total. The second kappa shape index (κ2) is 8.15. The van der Waals surface area contributed by atoms with Crippen LogP contribution >= 0.6 is 34.5 Å². The average Bonchev–Trinajstić information content (AvgIpc) is 3.28. The summed E-state index contributed by atoms with van der Waals surface area (Å²) in [5.41, 5.74) is -0.239. The zero-order valence-corrected chi connectivity index (χ0v) is 18.2. The Kier molecular flexibility index (Phi) is 5.50. The van der Waals surface area contributed by atoms with Crippen LogP contribution in [0.5, 0.6) is 0 Å². The maximum absolute atomic E-state index is 12.6. The molecular formula is C18H10Cl2N6O5S. The highest BCUT2D eigenvalue weighted by Gasteiger charge is 2.26. The smallest absolute Gasteiger partial charge is 0.279 e. The maximum Gasteiger partial charge on any atom is 0.279 e. The fourth-order valence-electron chi connectivity index (χ4n) is 2.99. The van der Waals surface area contributed by atoms with Gasteiger partial charge in [-0.2, -0.15) is 4.98 Å². The zero-order valence-electron chi connectivity index (χ0n) is 15.9. The molecule has 0 atom stereocenters. The van der Waals surface area contributed by atoms with E-state index >= 15 is 0 Å². The molecule has 4 aromatic rings. The summed E-state index contributed by atoms with van der Waals surface area (Å²) in [6, 6.07) is 6.91. The van der Waals surface area contributed by atoms with Gasteiger partial charge in [-0.25, -0.2) is 4.52 Å². The molecule has 0 aliphatic rings. The lowest BCUT2D eigenvalue weighted by molar-refractivity contribution is -0.395. The number of rotatable bonds is 5. The Bertz CT molecular complexity index is 1400. The van der Waals surface area contributed by atoms with Crippen LogP contribution in [0.2, 0.25) is 10.0 Å². The number of amides is 1. The number of thiazole rings is 1. The minimum atomic E-state index is -0.833. The molecule has 32 heavy (non-hydrogen) atoms. The van der Waals surface area contributed by atoms with E-state index in [0.29, 0.717) is 26.3 Å². The molecule has 0 fully saturated rings. The van der Waals surface area contributed by atoms with Gasteiger partial charge < -0.3 is 0 Å². The van der Waals surface area contributed by atoms with E-state index in [1.165, 1.54) is 22.8 Å². The number of anilines is 1. The minimum Gasteiger partial charge on any atom is -0.289 e. The molecule has 0 unspecified atom stereocenters. The Labute approximate surface area is 192 Å². The van der Waals surface area contributed by atoms with Gasteiger partial charge in [0.1, 0.15) is 5.56 Å². The molecule has 0 aliphatic heterocycles. The number of carbonyl (C=O) groups is 1. The Balaban J connectivity index is 1.69. The molecule has 0 bridgehead atoms. The van der Waals surface area contributed by atoms with Crippen molar-refractivity contribution in [1.29, 1.82) is 0 Å². The van der Waals surface area contributed by atoms with E-state index in [4.69, 9.17) is 23.2 Å². The second-order valence-electron chi connectivity index (χ2n) is 6.48. The number of hydrogen-bond donors (Lipinski definition) is 1. The number of nitro benzene ring substituents is 2. The molecule has 162 valence electrons. The Morgan fingerprint density at radius 3 is 2.38 bits per heavy atom. The highest BCUT2D eigenvalue weighted by Crippen LogP contribution is 2.33. The topological polar surface area (TPSA) is 146 Å². The third kappa shape index (κ3) is 3.86. The standard InChI is InChI=1S/C18H10Cl2N6O5S/c1-8-13(25(28)29)4-9(5-14(8)26(30)31)16(27)21-17-22-18-24(23-17)15(7-32-18)11-3-2-10(19)6-12(11)20/h2-7H,1H3,(H,21,23,27). The van der Waals surface area contributed by atoms with Crippen LogP contribution in [0.15, 0.2) is 35.7 Å². The second-order valence-corrected chi connectivity index (χ2v) is 8.16. The minimum absolute atomic E-state index is 0.0842. The van der Waals surface area contributed by atoms with Crippen molar-refractivity contribution in [2.45, 2.75) is 6.92 Å². The van der Waals surface area contributed by atoms with Gasteiger partial charge in [-0.1, -0.05) is 23.2 Å². The summed E-state index contributed by atoms with van der Waals surface area (Å²) in [6.07, 6.45) is 0. The number of fused-ring (bicyclic) bond motifs is 1. The molecule has 1 amide bonds.